The molecule has 3 rings (SSSR count). The minimum atomic E-state index is 0.935. The van der Waals surface area contributed by atoms with Crippen LogP contribution in [0.2, 0.25) is 0 Å². The van der Waals surface area contributed by atoms with Crippen molar-refractivity contribution in [1.82, 2.24) is 14.8 Å². The Bertz CT molecular complexity index is 626. The number of aromatic nitrogens is 3. The summed E-state index contributed by atoms with van der Waals surface area (Å²) in [6, 6.07) is 16.2. The molecular formula is C13H11N3. The van der Waals surface area contributed by atoms with Gasteiger partial charge >= 0.3 is 0 Å². The normalized spacial score (nSPS) is 10.8. The van der Waals surface area contributed by atoms with Gasteiger partial charge in [0.2, 0.25) is 0 Å². The number of aryl methyl sites for hydroxylation is 1. The Morgan fingerprint density at radius 3 is 2.56 bits per heavy atom. The van der Waals surface area contributed by atoms with E-state index in [2.05, 4.69) is 10.3 Å². The van der Waals surface area contributed by atoms with Gasteiger partial charge in [-0.2, -0.15) is 0 Å². The van der Waals surface area contributed by atoms with Gasteiger partial charge in [-0.1, -0.05) is 41.6 Å². The third-order valence-corrected chi connectivity index (χ3v) is 2.68. The van der Waals surface area contributed by atoms with E-state index in [-0.39, 0.29) is 0 Å². The van der Waals surface area contributed by atoms with Gasteiger partial charge in [-0.05, 0) is 19.1 Å². The molecule has 2 heterocycles. The van der Waals surface area contributed by atoms with E-state index in [1.165, 1.54) is 0 Å². The van der Waals surface area contributed by atoms with Crippen LogP contribution in [-0.2, 0) is 0 Å². The van der Waals surface area contributed by atoms with Crippen LogP contribution in [0.1, 0.15) is 5.69 Å². The summed E-state index contributed by atoms with van der Waals surface area (Å²) in [5.41, 5.74) is 4.17. The molecule has 0 fully saturated rings. The minimum Gasteiger partial charge on any atom is -0.217 e. The van der Waals surface area contributed by atoms with Gasteiger partial charge in [0.15, 0.2) is 0 Å². The molecule has 3 aromatic rings. The second kappa shape index (κ2) is 3.45. The van der Waals surface area contributed by atoms with Crippen LogP contribution < -0.4 is 0 Å². The number of fused-ring (bicyclic) bond motifs is 1. The summed E-state index contributed by atoms with van der Waals surface area (Å²) in [7, 11) is 0. The lowest BCUT2D eigenvalue weighted by Gasteiger charge is -1.98. The molecule has 0 saturated carbocycles. The van der Waals surface area contributed by atoms with E-state index in [1.54, 1.807) is 0 Å². The van der Waals surface area contributed by atoms with Crippen LogP contribution in [0.5, 0.6) is 0 Å². The Balaban J connectivity index is 2.30. The number of hydrogen-bond acceptors (Lipinski definition) is 2. The standard InChI is InChI=1S/C13H11N3/c1-10-6-5-9-12-13(14-15-16(10)12)11-7-3-2-4-8-11/h2-9H,1H3. The number of nitrogens with zero attached hydrogens (tertiary/aromatic N) is 3. The maximum absolute atomic E-state index is 4.24. The van der Waals surface area contributed by atoms with Gasteiger partial charge in [0, 0.05) is 11.3 Å². The lowest BCUT2D eigenvalue weighted by atomic mass is 10.1. The van der Waals surface area contributed by atoms with Gasteiger partial charge in [0.25, 0.3) is 0 Å². The Morgan fingerprint density at radius 2 is 1.75 bits per heavy atom. The predicted octanol–water partition coefficient (Wildman–Crippen LogP) is 2.70. The van der Waals surface area contributed by atoms with Crippen LogP contribution in [0.3, 0.4) is 0 Å². The maximum atomic E-state index is 4.24. The molecule has 0 radical (unpaired) electrons. The molecule has 0 unspecified atom stereocenters. The van der Waals surface area contributed by atoms with E-state index in [9.17, 15) is 0 Å². The lowest BCUT2D eigenvalue weighted by Crippen LogP contribution is -1.91. The fraction of sp³-hybridized carbons (Fsp3) is 0.0769. The fourth-order valence-corrected chi connectivity index (χ4v) is 1.85. The van der Waals surface area contributed by atoms with Crippen molar-refractivity contribution in [3.63, 3.8) is 0 Å². The zero-order chi connectivity index (χ0) is 11.0. The molecule has 0 aliphatic carbocycles. The zero-order valence-corrected chi connectivity index (χ0v) is 8.96. The van der Waals surface area contributed by atoms with Gasteiger partial charge in [0.05, 0.1) is 5.52 Å². The van der Waals surface area contributed by atoms with E-state index in [0.717, 1.165) is 22.5 Å². The summed E-state index contributed by atoms with van der Waals surface area (Å²) < 4.78 is 1.86. The van der Waals surface area contributed by atoms with Crippen molar-refractivity contribution in [2.45, 2.75) is 6.92 Å². The molecule has 0 bridgehead atoms. The van der Waals surface area contributed by atoms with Gasteiger partial charge < -0.3 is 0 Å². The largest absolute Gasteiger partial charge is 0.217 e. The van der Waals surface area contributed by atoms with Crippen molar-refractivity contribution < 1.29 is 0 Å². The first-order valence-electron chi connectivity index (χ1n) is 5.23. The van der Waals surface area contributed by atoms with Crippen molar-refractivity contribution in [2.24, 2.45) is 0 Å². The number of pyridine rings is 1. The van der Waals surface area contributed by atoms with Crippen molar-refractivity contribution >= 4 is 5.52 Å². The fourth-order valence-electron chi connectivity index (χ4n) is 1.85. The molecule has 16 heavy (non-hydrogen) atoms. The first kappa shape index (κ1) is 9.09. The van der Waals surface area contributed by atoms with Gasteiger partial charge in [-0.15, -0.1) is 5.10 Å². The highest BCUT2D eigenvalue weighted by molar-refractivity contribution is 5.76. The highest BCUT2D eigenvalue weighted by atomic mass is 15.4. The summed E-state index contributed by atoms with van der Waals surface area (Å²) in [6.45, 7) is 2.02. The molecule has 0 aliphatic rings. The number of benzene rings is 1. The molecule has 1 aromatic carbocycles. The van der Waals surface area contributed by atoms with Crippen LogP contribution in [-0.4, -0.2) is 14.8 Å². The lowest BCUT2D eigenvalue weighted by molar-refractivity contribution is 0.829. The summed E-state index contributed by atoms with van der Waals surface area (Å²) in [4.78, 5) is 0. The van der Waals surface area contributed by atoms with Gasteiger partial charge in [-0.3, -0.25) is 0 Å². The second-order valence-corrected chi connectivity index (χ2v) is 3.77. The Labute approximate surface area is 93.3 Å². The van der Waals surface area contributed by atoms with Crippen molar-refractivity contribution in [3.8, 4) is 11.3 Å². The molecule has 78 valence electrons. The molecular weight excluding hydrogens is 198 g/mol. The van der Waals surface area contributed by atoms with Crippen LogP contribution >= 0.6 is 0 Å². The molecule has 0 aliphatic heterocycles. The maximum Gasteiger partial charge on any atom is 0.120 e. The monoisotopic (exact) mass is 209 g/mol. The SMILES string of the molecule is Cc1cccc2c(-c3ccccc3)nnn12. The topological polar surface area (TPSA) is 30.2 Å². The van der Waals surface area contributed by atoms with Crippen molar-refractivity contribution in [3.05, 3.63) is 54.2 Å². The summed E-state index contributed by atoms with van der Waals surface area (Å²) >= 11 is 0. The molecule has 0 amide bonds. The molecule has 0 N–H and O–H groups in total. The van der Waals surface area contributed by atoms with Crippen LogP contribution in [0.4, 0.5) is 0 Å². The van der Waals surface area contributed by atoms with Gasteiger partial charge in [-0.25, -0.2) is 4.52 Å². The zero-order valence-electron chi connectivity index (χ0n) is 8.96. The average Bonchev–Trinajstić information content (AvgIpc) is 2.75. The van der Waals surface area contributed by atoms with E-state index >= 15 is 0 Å². The highest BCUT2D eigenvalue weighted by Crippen LogP contribution is 2.21. The van der Waals surface area contributed by atoms with E-state index in [4.69, 9.17) is 0 Å². The number of rotatable bonds is 1. The van der Waals surface area contributed by atoms with Crippen LogP contribution in [0.15, 0.2) is 48.5 Å². The smallest absolute Gasteiger partial charge is 0.120 e. The summed E-state index contributed by atoms with van der Waals surface area (Å²) in [5.74, 6) is 0. The molecule has 2 aromatic heterocycles. The van der Waals surface area contributed by atoms with E-state index < -0.39 is 0 Å². The first-order valence-corrected chi connectivity index (χ1v) is 5.23. The Morgan fingerprint density at radius 1 is 0.938 bits per heavy atom. The quantitative estimate of drug-likeness (QED) is 0.616. The number of hydrogen-bond donors (Lipinski definition) is 0. The van der Waals surface area contributed by atoms with E-state index in [0.29, 0.717) is 0 Å². The van der Waals surface area contributed by atoms with Gasteiger partial charge in [0.1, 0.15) is 5.69 Å². The molecule has 0 spiro atoms. The Hall–Kier alpha value is -2.16. The Kier molecular flexibility index (Phi) is 1.96. The molecule has 3 heteroatoms. The highest BCUT2D eigenvalue weighted by Gasteiger charge is 2.08. The van der Waals surface area contributed by atoms with Crippen LogP contribution in [0, 0.1) is 6.92 Å². The molecule has 0 saturated heterocycles. The minimum absolute atomic E-state index is 0.935. The summed E-state index contributed by atoms with van der Waals surface area (Å²) in [6.07, 6.45) is 0. The molecule has 0 atom stereocenters. The molecule has 3 nitrogen and oxygen atoms in total. The summed E-state index contributed by atoms with van der Waals surface area (Å²) in [5, 5.41) is 8.40. The average molecular weight is 209 g/mol. The predicted molar refractivity (Wildman–Crippen MR) is 63.2 cm³/mol. The van der Waals surface area contributed by atoms with E-state index in [1.807, 2.05) is 60.0 Å². The third kappa shape index (κ3) is 1.29. The van der Waals surface area contributed by atoms with Crippen molar-refractivity contribution in [2.75, 3.05) is 0 Å². The second-order valence-electron chi connectivity index (χ2n) is 3.77. The third-order valence-electron chi connectivity index (χ3n) is 2.68. The van der Waals surface area contributed by atoms with Crippen LogP contribution in [0.25, 0.3) is 16.8 Å². The first-order chi connectivity index (χ1) is 7.86. The van der Waals surface area contributed by atoms with Crippen molar-refractivity contribution in [1.29, 1.82) is 0 Å².